The number of hydrogen-bond acceptors (Lipinski definition) is 6. The lowest BCUT2D eigenvalue weighted by atomic mass is 10.1. The van der Waals surface area contributed by atoms with E-state index in [4.69, 9.17) is 0 Å². The molecule has 0 fully saturated rings. The Morgan fingerprint density at radius 2 is 1.63 bits per heavy atom. The summed E-state index contributed by atoms with van der Waals surface area (Å²) < 4.78 is 25.9. The van der Waals surface area contributed by atoms with Gasteiger partial charge in [0.1, 0.15) is 11.8 Å². The maximum atomic E-state index is 12.9. The van der Waals surface area contributed by atoms with Crippen molar-refractivity contribution in [1.29, 1.82) is 0 Å². The summed E-state index contributed by atoms with van der Waals surface area (Å²) in [6, 6.07) is 15.2. The predicted octanol–water partition coefficient (Wildman–Crippen LogP) is 2.09. The van der Waals surface area contributed by atoms with Gasteiger partial charge in [-0.05, 0) is 36.2 Å². The number of fused-ring (bicyclic) bond motifs is 1. The van der Waals surface area contributed by atoms with Gasteiger partial charge in [0.15, 0.2) is 0 Å². The van der Waals surface area contributed by atoms with Gasteiger partial charge in [-0.1, -0.05) is 36.4 Å². The summed E-state index contributed by atoms with van der Waals surface area (Å²) in [5.74, 6) is -1.15. The van der Waals surface area contributed by atoms with Gasteiger partial charge in [0.05, 0.1) is 4.90 Å². The number of hydrogen-bond donors (Lipinski definition) is 4. The molecular weight excluding hydrogens is 406 g/mol. The largest absolute Gasteiger partial charge is 0.508 e. The highest BCUT2D eigenvalue weighted by atomic mass is 32.2. The average molecular weight is 429 g/mol. The maximum absolute atomic E-state index is 12.9. The average Bonchev–Trinajstić information content (AvgIpc) is 2.71. The van der Waals surface area contributed by atoms with Gasteiger partial charge >= 0.3 is 5.97 Å². The number of carboxylic acids is 1. The van der Waals surface area contributed by atoms with E-state index in [0.717, 1.165) is 11.1 Å². The number of carbonyl (C=O) groups is 1. The molecule has 3 rings (SSSR count). The first-order valence-electron chi connectivity index (χ1n) is 9.16. The van der Waals surface area contributed by atoms with E-state index < -0.39 is 22.0 Å². The fourth-order valence-electron chi connectivity index (χ4n) is 3.16. The number of carboxylic acid groups (broad SMARTS) is 1. The maximum Gasteiger partial charge on any atom is 0.322 e. The van der Waals surface area contributed by atoms with Crippen LogP contribution in [0.15, 0.2) is 65.6 Å². The van der Waals surface area contributed by atoms with Crippen LogP contribution in [0, 0.1) is 0 Å². The normalized spacial score (nSPS) is 12.6. The van der Waals surface area contributed by atoms with Crippen LogP contribution in [0.4, 0.5) is 5.69 Å². The zero-order valence-corrected chi connectivity index (χ0v) is 17.3. The van der Waals surface area contributed by atoms with Crippen LogP contribution in [0.25, 0.3) is 10.8 Å². The quantitative estimate of drug-likeness (QED) is 0.405. The first-order valence-corrected chi connectivity index (χ1v) is 10.6. The van der Waals surface area contributed by atoms with E-state index in [1.807, 2.05) is 31.1 Å². The molecule has 0 heterocycles. The molecule has 30 heavy (non-hydrogen) atoms. The summed E-state index contributed by atoms with van der Waals surface area (Å²) in [4.78, 5) is 15.7. The molecule has 9 heteroatoms. The summed E-state index contributed by atoms with van der Waals surface area (Å²) in [5.41, 5.74) is 3.91. The summed E-state index contributed by atoms with van der Waals surface area (Å²) in [7, 11) is -0.297. The molecule has 0 aromatic heterocycles. The van der Waals surface area contributed by atoms with E-state index in [9.17, 15) is 23.4 Å². The Morgan fingerprint density at radius 3 is 2.27 bits per heavy atom. The summed E-state index contributed by atoms with van der Waals surface area (Å²) in [6.45, 7) is 0. The van der Waals surface area contributed by atoms with E-state index >= 15 is 0 Å². The van der Waals surface area contributed by atoms with Gasteiger partial charge in [-0.3, -0.25) is 4.79 Å². The Bertz CT molecular complexity index is 1160. The van der Waals surface area contributed by atoms with Crippen LogP contribution >= 0.6 is 0 Å². The smallest absolute Gasteiger partial charge is 0.322 e. The number of sulfonamides is 1. The fourth-order valence-corrected chi connectivity index (χ4v) is 4.29. The minimum Gasteiger partial charge on any atom is -0.508 e. The third-order valence-corrected chi connectivity index (χ3v) is 5.99. The second-order valence-corrected chi connectivity index (χ2v) is 8.68. The number of phenolic OH excluding ortho intramolecular Hbond substituents is 1. The van der Waals surface area contributed by atoms with Crippen molar-refractivity contribution in [2.24, 2.45) is 0 Å². The van der Waals surface area contributed by atoms with Crippen molar-refractivity contribution in [1.82, 2.24) is 10.3 Å². The van der Waals surface area contributed by atoms with E-state index in [1.54, 1.807) is 30.3 Å². The second kappa shape index (κ2) is 8.70. The molecule has 3 aromatic rings. The molecule has 0 aliphatic rings. The molecule has 0 saturated heterocycles. The minimum absolute atomic E-state index is 0.0262. The number of nitrogens with zero attached hydrogens (tertiary/aromatic N) is 1. The van der Waals surface area contributed by atoms with Crippen molar-refractivity contribution in [3.05, 3.63) is 66.2 Å². The third kappa shape index (κ3) is 4.70. The Kier molecular flexibility index (Phi) is 6.25. The molecule has 158 valence electrons. The Morgan fingerprint density at radius 1 is 1.00 bits per heavy atom. The highest BCUT2D eigenvalue weighted by molar-refractivity contribution is 7.89. The molecule has 0 spiro atoms. The molecule has 0 unspecified atom stereocenters. The lowest BCUT2D eigenvalue weighted by Crippen LogP contribution is -2.49. The number of aliphatic carboxylic acids is 1. The molecule has 8 nitrogen and oxygen atoms in total. The fraction of sp³-hybridized carbons (Fsp3) is 0.190. The Balaban J connectivity index is 1.86. The van der Waals surface area contributed by atoms with E-state index in [2.05, 4.69) is 10.3 Å². The molecule has 0 saturated carbocycles. The predicted molar refractivity (Wildman–Crippen MR) is 115 cm³/mol. The second-order valence-electron chi connectivity index (χ2n) is 7.03. The molecule has 3 aromatic carbocycles. The minimum atomic E-state index is -4.04. The van der Waals surface area contributed by atoms with Crippen LogP contribution in [0.3, 0.4) is 0 Å². The number of rotatable bonds is 8. The molecule has 0 aliphatic carbocycles. The molecule has 0 aliphatic heterocycles. The van der Waals surface area contributed by atoms with Crippen LogP contribution in [-0.4, -0.2) is 44.7 Å². The molecule has 4 N–H and O–H groups in total. The molecule has 0 radical (unpaired) electrons. The first-order chi connectivity index (χ1) is 14.2. The van der Waals surface area contributed by atoms with Crippen LogP contribution in [0.2, 0.25) is 0 Å². The number of nitrogens with one attached hydrogen (secondary N) is 2. The molecule has 1 atom stereocenters. The summed E-state index contributed by atoms with van der Waals surface area (Å²) >= 11 is 0. The van der Waals surface area contributed by atoms with Crippen molar-refractivity contribution in [3.8, 4) is 5.75 Å². The lowest BCUT2D eigenvalue weighted by molar-refractivity contribution is -0.139. The van der Waals surface area contributed by atoms with Gasteiger partial charge in [0.25, 0.3) is 10.0 Å². The van der Waals surface area contributed by atoms with Gasteiger partial charge in [-0.2, -0.15) is 0 Å². The van der Waals surface area contributed by atoms with Gasteiger partial charge < -0.3 is 15.1 Å². The standard InChI is InChI=1S/C21H23N3O5S/c1-24(2)19-7-3-6-17-16(19)5-4-8-20(17)30(28,29)23-22-18(21(26)27)13-14-9-11-15(25)12-10-14/h3-12,18,22-23,25H,13H2,1-2H3,(H,26,27)/t18-/m0/s1. The van der Waals surface area contributed by atoms with Crippen molar-refractivity contribution >= 4 is 32.5 Å². The SMILES string of the molecule is CN(C)c1cccc2c(S(=O)(=O)NN[C@@H](Cc3ccc(O)cc3)C(=O)O)cccc12. The zero-order chi connectivity index (χ0) is 21.9. The van der Waals surface area contributed by atoms with E-state index in [1.165, 1.54) is 18.2 Å². The third-order valence-electron chi connectivity index (χ3n) is 4.67. The van der Waals surface area contributed by atoms with Crippen molar-refractivity contribution in [2.45, 2.75) is 17.4 Å². The highest BCUT2D eigenvalue weighted by Crippen LogP contribution is 2.29. The number of hydrazine groups is 1. The number of aromatic hydroxyl groups is 1. The van der Waals surface area contributed by atoms with Crippen LogP contribution in [-0.2, 0) is 21.2 Å². The highest BCUT2D eigenvalue weighted by Gasteiger charge is 2.23. The zero-order valence-electron chi connectivity index (χ0n) is 16.5. The van der Waals surface area contributed by atoms with Gasteiger partial charge in [-0.15, -0.1) is 4.83 Å². The monoisotopic (exact) mass is 429 g/mol. The van der Waals surface area contributed by atoms with Crippen molar-refractivity contribution < 1.29 is 23.4 Å². The van der Waals surface area contributed by atoms with Gasteiger partial charge in [0, 0.05) is 30.6 Å². The van der Waals surface area contributed by atoms with Crippen LogP contribution in [0.5, 0.6) is 5.75 Å². The van der Waals surface area contributed by atoms with Crippen molar-refractivity contribution in [2.75, 3.05) is 19.0 Å². The van der Waals surface area contributed by atoms with E-state index in [-0.39, 0.29) is 17.1 Å². The summed E-state index contributed by atoms with van der Waals surface area (Å²) in [6.07, 6.45) is 0.0262. The number of anilines is 1. The Labute approximate surface area is 174 Å². The molecule has 0 bridgehead atoms. The van der Waals surface area contributed by atoms with Gasteiger partial charge in [0.2, 0.25) is 0 Å². The topological polar surface area (TPSA) is 119 Å². The van der Waals surface area contributed by atoms with Gasteiger partial charge in [-0.25, -0.2) is 13.8 Å². The van der Waals surface area contributed by atoms with E-state index in [0.29, 0.717) is 10.9 Å². The summed E-state index contributed by atoms with van der Waals surface area (Å²) in [5, 5.41) is 20.1. The van der Waals surface area contributed by atoms with Crippen molar-refractivity contribution in [3.63, 3.8) is 0 Å². The Hall–Kier alpha value is -3.14. The molecule has 0 amide bonds. The lowest BCUT2D eigenvalue weighted by Gasteiger charge is -2.18. The van der Waals surface area contributed by atoms with Crippen LogP contribution < -0.4 is 15.2 Å². The van der Waals surface area contributed by atoms with Crippen LogP contribution in [0.1, 0.15) is 5.56 Å². The number of benzene rings is 3. The molecular formula is C21H23N3O5S. The number of phenols is 1. The first kappa shape index (κ1) is 21.6.